The molecule has 0 aliphatic heterocycles. The zero-order valence-electron chi connectivity index (χ0n) is 16.8. The number of nitrogens with zero attached hydrogens (tertiary/aromatic N) is 2. The van der Waals surface area contributed by atoms with E-state index in [4.69, 9.17) is 35.9 Å². The standard InChI is InChI=1S/C22H19ClFN3O3S/c1-28-19-9-14-18(10-20(19)29-2)26-22(27(21(14)25)11-13-5-4-8-30-13)31-12-15-16(23)6-3-7-17(15)24/h3-10,25H,11-12H2,1-2H3. The Balaban J connectivity index is 1.83. The molecule has 0 atom stereocenters. The Morgan fingerprint density at radius 1 is 1.16 bits per heavy atom. The number of fused-ring (bicyclic) bond motifs is 1. The molecular formula is C22H19ClFN3O3S. The number of rotatable bonds is 7. The lowest BCUT2D eigenvalue weighted by atomic mass is 10.2. The monoisotopic (exact) mass is 459 g/mol. The molecule has 160 valence electrons. The summed E-state index contributed by atoms with van der Waals surface area (Å²) in [5.41, 5.74) is 1.18. The van der Waals surface area contributed by atoms with Crippen molar-refractivity contribution in [1.29, 1.82) is 5.41 Å². The highest BCUT2D eigenvalue weighted by Crippen LogP contribution is 2.32. The quantitative estimate of drug-likeness (QED) is 0.301. The summed E-state index contributed by atoms with van der Waals surface area (Å²) in [4.78, 5) is 4.74. The maximum Gasteiger partial charge on any atom is 0.170 e. The highest BCUT2D eigenvalue weighted by Gasteiger charge is 2.16. The summed E-state index contributed by atoms with van der Waals surface area (Å²) in [5, 5.41) is 10.3. The maximum absolute atomic E-state index is 14.3. The van der Waals surface area contributed by atoms with Crippen LogP contribution in [0.2, 0.25) is 5.02 Å². The van der Waals surface area contributed by atoms with Crippen molar-refractivity contribution in [3.63, 3.8) is 0 Å². The van der Waals surface area contributed by atoms with Gasteiger partial charge in [0.15, 0.2) is 16.7 Å². The lowest BCUT2D eigenvalue weighted by Crippen LogP contribution is -2.24. The fourth-order valence-electron chi connectivity index (χ4n) is 3.18. The van der Waals surface area contributed by atoms with E-state index in [0.29, 0.717) is 50.4 Å². The summed E-state index contributed by atoms with van der Waals surface area (Å²) in [6.07, 6.45) is 1.58. The third-order valence-electron chi connectivity index (χ3n) is 4.78. The number of halogens is 2. The number of aromatic nitrogens is 2. The van der Waals surface area contributed by atoms with Gasteiger partial charge in [-0.2, -0.15) is 0 Å². The van der Waals surface area contributed by atoms with Gasteiger partial charge in [-0.1, -0.05) is 29.4 Å². The number of furan rings is 1. The molecule has 2 aromatic carbocycles. The number of benzene rings is 2. The van der Waals surface area contributed by atoms with E-state index < -0.39 is 0 Å². The SMILES string of the molecule is COc1cc2nc(SCc3c(F)cccc3Cl)n(Cc3ccco3)c(=N)c2cc1OC. The second kappa shape index (κ2) is 9.03. The highest BCUT2D eigenvalue weighted by molar-refractivity contribution is 7.98. The molecule has 0 bridgehead atoms. The molecule has 0 fully saturated rings. The third-order valence-corrected chi connectivity index (χ3v) is 6.13. The Hall–Kier alpha value is -2.97. The molecule has 0 aliphatic rings. The van der Waals surface area contributed by atoms with Crippen LogP contribution in [0, 0.1) is 11.2 Å². The van der Waals surface area contributed by atoms with E-state index in [1.54, 1.807) is 55.4 Å². The third kappa shape index (κ3) is 4.26. The number of hydrogen-bond donors (Lipinski definition) is 1. The van der Waals surface area contributed by atoms with E-state index in [2.05, 4.69) is 0 Å². The smallest absolute Gasteiger partial charge is 0.170 e. The first-order chi connectivity index (χ1) is 15.0. The van der Waals surface area contributed by atoms with Gasteiger partial charge in [-0.15, -0.1) is 0 Å². The molecule has 0 unspecified atom stereocenters. The first-order valence-corrected chi connectivity index (χ1v) is 10.7. The van der Waals surface area contributed by atoms with E-state index in [1.165, 1.54) is 17.8 Å². The van der Waals surface area contributed by atoms with E-state index in [0.717, 1.165) is 0 Å². The summed E-state index contributed by atoms with van der Waals surface area (Å²) in [6.45, 7) is 0.302. The van der Waals surface area contributed by atoms with Crippen LogP contribution in [0.3, 0.4) is 0 Å². The van der Waals surface area contributed by atoms with E-state index >= 15 is 0 Å². The predicted molar refractivity (Wildman–Crippen MR) is 117 cm³/mol. The molecular weight excluding hydrogens is 441 g/mol. The van der Waals surface area contributed by atoms with Crippen molar-refractivity contribution >= 4 is 34.3 Å². The molecule has 4 aromatic rings. The fourth-order valence-corrected chi connectivity index (χ4v) is 4.53. The van der Waals surface area contributed by atoms with Crippen LogP contribution in [0.5, 0.6) is 11.5 Å². The molecule has 0 amide bonds. The number of thioether (sulfide) groups is 1. The second-order valence-electron chi connectivity index (χ2n) is 6.62. The zero-order valence-corrected chi connectivity index (χ0v) is 18.4. The van der Waals surface area contributed by atoms with Crippen molar-refractivity contribution in [1.82, 2.24) is 9.55 Å². The van der Waals surface area contributed by atoms with Crippen LogP contribution in [-0.2, 0) is 12.3 Å². The minimum absolute atomic E-state index is 0.226. The van der Waals surface area contributed by atoms with E-state index in [-0.39, 0.29) is 17.1 Å². The van der Waals surface area contributed by atoms with Gasteiger partial charge in [0.1, 0.15) is 17.1 Å². The van der Waals surface area contributed by atoms with Crippen LogP contribution >= 0.6 is 23.4 Å². The van der Waals surface area contributed by atoms with Crippen LogP contribution in [0.4, 0.5) is 4.39 Å². The second-order valence-corrected chi connectivity index (χ2v) is 7.97. The van der Waals surface area contributed by atoms with Crippen LogP contribution in [0.15, 0.2) is 58.3 Å². The Bertz CT molecular complexity index is 1270. The maximum atomic E-state index is 14.3. The number of methoxy groups -OCH3 is 2. The van der Waals surface area contributed by atoms with Gasteiger partial charge < -0.3 is 13.9 Å². The Morgan fingerprint density at radius 3 is 2.61 bits per heavy atom. The minimum atomic E-state index is -0.379. The van der Waals surface area contributed by atoms with Crippen LogP contribution < -0.4 is 15.0 Å². The van der Waals surface area contributed by atoms with Gasteiger partial charge in [-0.25, -0.2) is 9.37 Å². The van der Waals surface area contributed by atoms with Gasteiger partial charge in [-0.3, -0.25) is 9.98 Å². The topological polar surface area (TPSA) is 73.3 Å². The van der Waals surface area contributed by atoms with Crippen molar-refractivity contribution in [2.24, 2.45) is 0 Å². The first-order valence-electron chi connectivity index (χ1n) is 9.31. The number of hydrogen-bond acceptors (Lipinski definition) is 6. The van der Waals surface area contributed by atoms with Gasteiger partial charge >= 0.3 is 0 Å². The van der Waals surface area contributed by atoms with E-state index in [9.17, 15) is 4.39 Å². The van der Waals surface area contributed by atoms with Gasteiger partial charge in [0, 0.05) is 27.8 Å². The Kier molecular flexibility index (Phi) is 6.20. The van der Waals surface area contributed by atoms with Crippen molar-refractivity contribution in [3.8, 4) is 11.5 Å². The molecule has 0 saturated carbocycles. The van der Waals surface area contributed by atoms with Crippen LogP contribution in [0.1, 0.15) is 11.3 Å². The lowest BCUT2D eigenvalue weighted by Gasteiger charge is -2.16. The molecule has 4 rings (SSSR count). The largest absolute Gasteiger partial charge is 0.493 e. The molecule has 6 nitrogen and oxygen atoms in total. The number of nitrogens with one attached hydrogen (secondary N) is 1. The van der Waals surface area contributed by atoms with E-state index in [1.807, 2.05) is 6.07 Å². The Morgan fingerprint density at radius 2 is 1.94 bits per heavy atom. The van der Waals surface area contributed by atoms with Crippen LogP contribution in [-0.4, -0.2) is 23.8 Å². The molecule has 0 saturated heterocycles. The molecule has 0 spiro atoms. The summed E-state index contributed by atoms with van der Waals surface area (Å²) >= 11 is 7.48. The van der Waals surface area contributed by atoms with Gasteiger partial charge in [0.05, 0.1) is 32.5 Å². The first kappa shape index (κ1) is 21.3. The van der Waals surface area contributed by atoms with Gasteiger partial charge in [-0.05, 0) is 30.3 Å². The van der Waals surface area contributed by atoms with Crippen molar-refractivity contribution in [2.45, 2.75) is 17.5 Å². The lowest BCUT2D eigenvalue weighted by molar-refractivity contribution is 0.355. The van der Waals surface area contributed by atoms with Gasteiger partial charge in [0.2, 0.25) is 0 Å². The summed E-state index contributed by atoms with van der Waals surface area (Å²) < 4.78 is 32.2. The van der Waals surface area contributed by atoms with Crippen molar-refractivity contribution in [3.05, 3.63) is 76.4 Å². The average molecular weight is 460 g/mol. The Labute approximate surface area is 187 Å². The van der Waals surface area contributed by atoms with Crippen molar-refractivity contribution in [2.75, 3.05) is 14.2 Å². The molecule has 2 aromatic heterocycles. The summed E-state index contributed by atoms with van der Waals surface area (Å²) in [6, 6.07) is 11.7. The number of ether oxygens (including phenoxy) is 2. The summed E-state index contributed by atoms with van der Waals surface area (Å²) in [5.74, 6) is 1.57. The highest BCUT2D eigenvalue weighted by atomic mass is 35.5. The molecule has 9 heteroatoms. The van der Waals surface area contributed by atoms with Gasteiger partial charge in [0.25, 0.3) is 0 Å². The molecule has 0 radical (unpaired) electrons. The predicted octanol–water partition coefficient (Wildman–Crippen LogP) is 5.26. The molecule has 1 N–H and O–H groups in total. The minimum Gasteiger partial charge on any atom is -0.493 e. The fraction of sp³-hybridized carbons (Fsp3) is 0.182. The molecule has 31 heavy (non-hydrogen) atoms. The molecule has 2 heterocycles. The normalized spacial score (nSPS) is 11.1. The zero-order chi connectivity index (χ0) is 22.0. The van der Waals surface area contributed by atoms with Crippen LogP contribution in [0.25, 0.3) is 10.9 Å². The van der Waals surface area contributed by atoms with Crippen molar-refractivity contribution < 1.29 is 18.3 Å². The molecule has 0 aliphatic carbocycles. The summed E-state index contributed by atoms with van der Waals surface area (Å²) in [7, 11) is 3.08. The average Bonchev–Trinajstić information content (AvgIpc) is 3.28.